The van der Waals surface area contributed by atoms with Crippen molar-refractivity contribution in [3.05, 3.63) is 46.0 Å². The minimum absolute atomic E-state index is 0.132. The van der Waals surface area contributed by atoms with Gasteiger partial charge in [-0.3, -0.25) is 4.79 Å². The normalized spacial score (nSPS) is 18.6. The van der Waals surface area contributed by atoms with Gasteiger partial charge >= 0.3 is 0 Å². The smallest absolute Gasteiger partial charge is 0.253 e. The summed E-state index contributed by atoms with van der Waals surface area (Å²) < 4.78 is 2.21. The Morgan fingerprint density at radius 1 is 1.25 bits per heavy atom. The van der Waals surface area contributed by atoms with Crippen LogP contribution in [0.4, 0.5) is 0 Å². The molecule has 126 valence electrons. The summed E-state index contributed by atoms with van der Waals surface area (Å²) in [4.78, 5) is 12.8. The maximum Gasteiger partial charge on any atom is 0.253 e. The summed E-state index contributed by atoms with van der Waals surface area (Å²) in [6.45, 7) is 2.91. The van der Waals surface area contributed by atoms with Gasteiger partial charge in [-0.2, -0.15) is 0 Å². The molecular weight excluding hydrogens is 324 g/mol. The molecule has 1 fully saturated rings. The number of carbonyl (C=O) groups is 1. The summed E-state index contributed by atoms with van der Waals surface area (Å²) in [7, 11) is 0. The molecule has 4 rings (SSSR count). The van der Waals surface area contributed by atoms with Crippen LogP contribution in [0.2, 0.25) is 5.02 Å². The average Bonchev–Trinajstić information content (AvgIpc) is 2.95. The number of hydrogen-bond acceptors (Lipinski definition) is 3. The highest BCUT2D eigenvalue weighted by molar-refractivity contribution is 6.33. The molecule has 2 heterocycles. The SMILES string of the molecule is Cc1ccc(C(=O)NC2(c3nnc4n3CCCC4)CCC2)c(Cl)c1. The van der Waals surface area contributed by atoms with E-state index in [-0.39, 0.29) is 5.91 Å². The summed E-state index contributed by atoms with van der Waals surface area (Å²) in [6, 6.07) is 5.52. The Bertz CT molecular complexity index is 794. The minimum Gasteiger partial charge on any atom is -0.339 e. The van der Waals surface area contributed by atoms with E-state index in [0.717, 1.165) is 62.3 Å². The van der Waals surface area contributed by atoms with E-state index in [9.17, 15) is 4.79 Å². The molecule has 0 atom stereocenters. The molecule has 1 saturated carbocycles. The van der Waals surface area contributed by atoms with Crippen molar-refractivity contribution in [3.8, 4) is 0 Å². The van der Waals surface area contributed by atoms with Crippen molar-refractivity contribution in [2.75, 3.05) is 0 Å². The van der Waals surface area contributed by atoms with Gasteiger partial charge in [0.15, 0.2) is 5.82 Å². The second-order valence-corrected chi connectivity index (χ2v) is 7.33. The van der Waals surface area contributed by atoms with Crippen LogP contribution in [-0.4, -0.2) is 20.7 Å². The summed E-state index contributed by atoms with van der Waals surface area (Å²) in [5.74, 6) is 1.83. The van der Waals surface area contributed by atoms with Crippen molar-refractivity contribution in [2.24, 2.45) is 0 Å². The molecule has 1 N–H and O–H groups in total. The van der Waals surface area contributed by atoms with Gasteiger partial charge in [0.2, 0.25) is 0 Å². The number of benzene rings is 1. The first kappa shape index (κ1) is 15.6. The van der Waals surface area contributed by atoms with Crippen LogP contribution in [0.15, 0.2) is 18.2 Å². The standard InChI is InChI=1S/C18H21ClN4O/c1-12-6-7-13(14(19)11-12)16(24)20-18(8-4-9-18)17-22-21-15-5-2-3-10-23(15)17/h6-7,11H,2-5,8-10H2,1H3,(H,20,24). The summed E-state index contributed by atoms with van der Waals surface area (Å²) >= 11 is 6.26. The lowest BCUT2D eigenvalue weighted by Crippen LogP contribution is -2.52. The van der Waals surface area contributed by atoms with Crippen molar-refractivity contribution in [3.63, 3.8) is 0 Å². The lowest BCUT2D eigenvalue weighted by molar-refractivity contribution is 0.0800. The van der Waals surface area contributed by atoms with E-state index in [1.165, 1.54) is 0 Å². The first-order chi connectivity index (χ1) is 11.6. The molecule has 1 aliphatic carbocycles. The summed E-state index contributed by atoms with van der Waals surface area (Å²) in [5.41, 5.74) is 1.17. The molecule has 2 aromatic rings. The van der Waals surface area contributed by atoms with Crippen LogP contribution in [0.5, 0.6) is 0 Å². The molecule has 0 unspecified atom stereocenters. The predicted molar refractivity (Wildman–Crippen MR) is 92.1 cm³/mol. The van der Waals surface area contributed by atoms with Crippen molar-refractivity contribution < 1.29 is 4.79 Å². The van der Waals surface area contributed by atoms with E-state index >= 15 is 0 Å². The Balaban J connectivity index is 1.64. The van der Waals surface area contributed by atoms with Crippen LogP contribution in [0.25, 0.3) is 0 Å². The molecule has 5 nitrogen and oxygen atoms in total. The maximum absolute atomic E-state index is 12.8. The Morgan fingerprint density at radius 3 is 2.79 bits per heavy atom. The third-order valence-electron chi connectivity index (χ3n) is 5.22. The maximum atomic E-state index is 12.8. The van der Waals surface area contributed by atoms with Gasteiger partial charge in [0, 0.05) is 13.0 Å². The van der Waals surface area contributed by atoms with Crippen LogP contribution >= 0.6 is 11.6 Å². The second-order valence-electron chi connectivity index (χ2n) is 6.92. The number of amides is 1. The summed E-state index contributed by atoms with van der Waals surface area (Å²) in [6.07, 6.45) is 6.17. The molecule has 1 aromatic heterocycles. The molecule has 2 aliphatic rings. The van der Waals surface area contributed by atoms with E-state index in [2.05, 4.69) is 20.1 Å². The average molecular weight is 345 g/mol. The second kappa shape index (κ2) is 5.88. The van der Waals surface area contributed by atoms with Gasteiger partial charge in [0.1, 0.15) is 11.4 Å². The topological polar surface area (TPSA) is 59.8 Å². The Hall–Kier alpha value is -1.88. The number of hydrogen-bond donors (Lipinski definition) is 1. The third-order valence-corrected chi connectivity index (χ3v) is 5.53. The summed E-state index contributed by atoms with van der Waals surface area (Å²) in [5, 5.41) is 12.5. The zero-order valence-corrected chi connectivity index (χ0v) is 14.6. The largest absolute Gasteiger partial charge is 0.339 e. The van der Waals surface area contributed by atoms with Crippen LogP contribution in [0.3, 0.4) is 0 Å². The molecule has 1 amide bonds. The van der Waals surface area contributed by atoms with Gasteiger partial charge in [-0.1, -0.05) is 17.7 Å². The first-order valence-corrected chi connectivity index (χ1v) is 8.98. The zero-order chi connectivity index (χ0) is 16.7. The highest BCUT2D eigenvalue weighted by Crippen LogP contribution is 2.41. The molecule has 0 bridgehead atoms. The van der Waals surface area contributed by atoms with Crippen molar-refractivity contribution in [1.82, 2.24) is 20.1 Å². The number of fused-ring (bicyclic) bond motifs is 1. The molecule has 24 heavy (non-hydrogen) atoms. The molecule has 0 saturated heterocycles. The molecule has 0 radical (unpaired) electrons. The predicted octanol–water partition coefficient (Wildman–Crippen LogP) is 3.39. The third kappa shape index (κ3) is 2.51. The van der Waals surface area contributed by atoms with E-state index in [1.807, 2.05) is 19.1 Å². The highest BCUT2D eigenvalue weighted by Gasteiger charge is 2.45. The molecular formula is C18H21ClN4O. The number of rotatable bonds is 3. The monoisotopic (exact) mass is 344 g/mol. The number of carbonyl (C=O) groups excluding carboxylic acids is 1. The van der Waals surface area contributed by atoms with Crippen LogP contribution in [0, 0.1) is 6.92 Å². The number of nitrogens with zero attached hydrogens (tertiary/aromatic N) is 3. The van der Waals surface area contributed by atoms with Gasteiger partial charge in [-0.15, -0.1) is 10.2 Å². The Morgan fingerprint density at radius 2 is 2.08 bits per heavy atom. The Kier molecular flexibility index (Phi) is 3.83. The fraction of sp³-hybridized carbons (Fsp3) is 0.500. The number of nitrogens with one attached hydrogen (secondary N) is 1. The number of aromatic nitrogens is 3. The lowest BCUT2D eigenvalue weighted by Gasteiger charge is -2.42. The van der Waals surface area contributed by atoms with Gasteiger partial charge in [-0.25, -0.2) is 0 Å². The molecule has 1 aliphatic heterocycles. The number of halogens is 1. The van der Waals surface area contributed by atoms with Gasteiger partial charge in [0.25, 0.3) is 5.91 Å². The Labute approximate surface area is 146 Å². The van der Waals surface area contributed by atoms with E-state index in [1.54, 1.807) is 6.07 Å². The lowest BCUT2D eigenvalue weighted by atomic mass is 9.75. The molecule has 1 aromatic carbocycles. The van der Waals surface area contributed by atoms with Crippen LogP contribution < -0.4 is 5.32 Å². The van der Waals surface area contributed by atoms with E-state index < -0.39 is 5.54 Å². The highest BCUT2D eigenvalue weighted by atomic mass is 35.5. The fourth-order valence-electron chi connectivity index (χ4n) is 3.69. The fourth-order valence-corrected chi connectivity index (χ4v) is 4.01. The van der Waals surface area contributed by atoms with Crippen molar-refractivity contribution >= 4 is 17.5 Å². The molecule has 0 spiro atoms. The quantitative estimate of drug-likeness (QED) is 0.928. The van der Waals surface area contributed by atoms with Crippen LogP contribution in [-0.2, 0) is 18.5 Å². The van der Waals surface area contributed by atoms with Crippen LogP contribution in [0.1, 0.15) is 59.7 Å². The zero-order valence-electron chi connectivity index (χ0n) is 13.8. The molecule has 6 heteroatoms. The first-order valence-electron chi connectivity index (χ1n) is 8.60. The van der Waals surface area contributed by atoms with E-state index in [0.29, 0.717) is 10.6 Å². The number of aryl methyl sites for hydroxylation is 2. The van der Waals surface area contributed by atoms with Gasteiger partial charge in [-0.05, 0) is 56.7 Å². The van der Waals surface area contributed by atoms with E-state index in [4.69, 9.17) is 11.6 Å². The van der Waals surface area contributed by atoms with Gasteiger partial charge < -0.3 is 9.88 Å². The van der Waals surface area contributed by atoms with Gasteiger partial charge in [0.05, 0.1) is 10.6 Å². The van der Waals surface area contributed by atoms with Crippen molar-refractivity contribution in [1.29, 1.82) is 0 Å². The minimum atomic E-state index is -0.395. The van der Waals surface area contributed by atoms with Crippen molar-refractivity contribution in [2.45, 2.75) is 57.5 Å².